The van der Waals surface area contributed by atoms with Crippen LogP contribution in [0.25, 0.3) is 0 Å². The van der Waals surface area contributed by atoms with E-state index in [9.17, 15) is 0 Å². The molecule has 3 atom stereocenters. The molecule has 3 aliphatic rings. The van der Waals surface area contributed by atoms with Gasteiger partial charge in [-0.2, -0.15) is 0 Å². The van der Waals surface area contributed by atoms with Crippen LogP contribution in [-0.4, -0.2) is 42.1 Å². The van der Waals surface area contributed by atoms with Crippen LogP contribution >= 0.6 is 11.3 Å². The zero-order chi connectivity index (χ0) is 13.7. The number of fused-ring (bicyclic) bond motifs is 3. The minimum Gasteiger partial charge on any atom is -0.346 e. The summed E-state index contributed by atoms with van der Waals surface area (Å²) in [4.78, 5) is 11.4. The Bertz CT molecular complexity index is 500. The van der Waals surface area contributed by atoms with Crippen molar-refractivity contribution < 1.29 is 0 Å². The summed E-state index contributed by atoms with van der Waals surface area (Å²) in [6, 6.07) is 1.75. The first-order chi connectivity index (χ1) is 9.72. The van der Waals surface area contributed by atoms with Gasteiger partial charge in [-0.1, -0.05) is 11.3 Å². The first-order valence-electron chi connectivity index (χ1n) is 7.94. The molecule has 0 radical (unpaired) electrons. The Hall–Kier alpha value is -0.650. The van der Waals surface area contributed by atoms with Crippen molar-refractivity contribution in [1.82, 2.24) is 9.88 Å². The number of anilines is 1. The van der Waals surface area contributed by atoms with Gasteiger partial charge >= 0.3 is 0 Å². The summed E-state index contributed by atoms with van der Waals surface area (Å²) in [7, 11) is 2.30. The second-order valence-electron chi connectivity index (χ2n) is 6.59. The lowest BCUT2D eigenvalue weighted by Gasteiger charge is -2.25. The Morgan fingerprint density at radius 1 is 1.20 bits per heavy atom. The Kier molecular flexibility index (Phi) is 3.24. The summed E-state index contributed by atoms with van der Waals surface area (Å²) in [6.45, 7) is 2.31. The largest absolute Gasteiger partial charge is 0.346 e. The molecule has 4 nitrogen and oxygen atoms in total. The third kappa shape index (κ3) is 2.07. The summed E-state index contributed by atoms with van der Waals surface area (Å²) in [5.41, 5.74) is 7.53. The molecule has 0 spiro atoms. The van der Waals surface area contributed by atoms with Crippen molar-refractivity contribution >= 4 is 16.5 Å². The summed E-state index contributed by atoms with van der Waals surface area (Å²) in [5, 5.41) is 1.23. The van der Waals surface area contributed by atoms with Gasteiger partial charge in [0.25, 0.3) is 0 Å². The van der Waals surface area contributed by atoms with Gasteiger partial charge in [-0.3, -0.25) is 4.90 Å². The molecular formula is C15H24N4S. The number of nitrogens with zero attached hydrogens (tertiary/aromatic N) is 3. The number of aromatic nitrogens is 1. The van der Waals surface area contributed by atoms with Gasteiger partial charge in [0.2, 0.25) is 0 Å². The highest BCUT2D eigenvalue weighted by Crippen LogP contribution is 2.38. The van der Waals surface area contributed by atoms with Gasteiger partial charge in [0.05, 0.1) is 5.69 Å². The van der Waals surface area contributed by atoms with E-state index < -0.39 is 0 Å². The third-order valence-electron chi connectivity index (χ3n) is 5.40. The van der Waals surface area contributed by atoms with Crippen molar-refractivity contribution in [3.8, 4) is 0 Å². The van der Waals surface area contributed by atoms with E-state index in [-0.39, 0.29) is 6.04 Å². The maximum Gasteiger partial charge on any atom is 0.185 e. The lowest BCUT2D eigenvalue weighted by molar-refractivity contribution is 0.254. The normalized spacial score (nSPS) is 34.1. The van der Waals surface area contributed by atoms with Crippen LogP contribution in [0, 0.1) is 0 Å². The lowest BCUT2D eigenvalue weighted by atomic mass is 9.99. The highest BCUT2D eigenvalue weighted by atomic mass is 32.1. The van der Waals surface area contributed by atoms with Crippen LogP contribution in [0.2, 0.25) is 0 Å². The summed E-state index contributed by atoms with van der Waals surface area (Å²) < 4.78 is 0. The van der Waals surface area contributed by atoms with E-state index in [0.29, 0.717) is 0 Å². The van der Waals surface area contributed by atoms with Crippen molar-refractivity contribution in [2.45, 2.75) is 56.7 Å². The molecule has 1 aromatic heterocycles. The lowest BCUT2D eigenvalue weighted by Crippen LogP contribution is -2.36. The van der Waals surface area contributed by atoms with Gasteiger partial charge in [0.15, 0.2) is 5.13 Å². The van der Waals surface area contributed by atoms with Crippen molar-refractivity contribution in [3.63, 3.8) is 0 Å². The molecule has 1 aromatic rings. The molecule has 5 heteroatoms. The van der Waals surface area contributed by atoms with E-state index in [4.69, 9.17) is 10.7 Å². The van der Waals surface area contributed by atoms with Gasteiger partial charge in [0, 0.05) is 36.1 Å². The average molecular weight is 292 g/mol. The van der Waals surface area contributed by atoms with Crippen molar-refractivity contribution in [1.29, 1.82) is 0 Å². The number of hydrogen-bond acceptors (Lipinski definition) is 5. The van der Waals surface area contributed by atoms with Gasteiger partial charge in [-0.15, -0.1) is 0 Å². The minimum atomic E-state index is 0.233. The zero-order valence-electron chi connectivity index (χ0n) is 12.2. The van der Waals surface area contributed by atoms with E-state index in [1.165, 1.54) is 41.4 Å². The van der Waals surface area contributed by atoms with Gasteiger partial charge in [-0.25, -0.2) is 4.98 Å². The first kappa shape index (κ1) is 13.0. The molecule has 2 bridgehead atoms. The van der Waals surface area contributed by atoms with Crippen LogP contribution in [-0.2, 0) is 6.42 Å². The number of rotatable bonds is 1. The van der Waals surface area contributed by atoms with Crippen molar-refractivity contribution in [2.75, 3.05) is 25.0 Å². The topological polar surface area (TPSA) is 45.4 Å². The molecule has 110 valence electrons. The van der Waals surface area contributed by atoms with Crippen LogP contribution in [0.1, 0.15) is 48.7 Å². The fraction of sp³-hybridized carbons (Fsp3) is 0.800. The molecule has 3 unspecified atom stereocenters. The number of aryl methyl sites for hydroxylation is 1. The van der Waals surface area contributed by atoms with E-state index in [2.05, 4.69) is 16.8 Å². The fourth-order valence-electron chi connectivity index (χ4n) is 4.06. The molecular weight excluding hydrogens is 268 g/mol. The Morgan fingerprint density at radius 3 is 2.90 bits per heavy atom. The van der Waals surface area contributed by atoms with Gasteiger partial charge in [-0.05, 0) is 45.6 Å². The molecule has 2 N–H and O–H groups in total. The smallest absolute Gasteiger partial charge is 0.185 e. The number of likely N-dealkylation sites (N-methyl/N-ethyl adjacent to an activating group) is 1. The van der Waals surface area contributed by atoms with Gasteiger partial charge in [0.1, 0.15) is 0 Å². The van der Waals surface area contributed by atoms with E-state index in [0.717, 1.165) is 38.0 Å². The van der Waals surface area contributed by atoms with Crippen LogP contribution in [0.4, 0.5) is 5.13 Å². The summed E-state index contributed by atoms with van der Waals surface area (Å²) in [6.07, 6.45) is 7.46. The Balaban J connectivity index is 1.59. The SMILES string of the molecule is CN1C2CCC1CN(c1nc3c(s1)C(N)CCC3)CC2. The number of nitrogens with two attached hydrogens (primary N) is 1. The first-order valence-corrected chi connectivity index (χ1v) is 8.76. The Morgan fingerprint density at radius 2 is 2.05 bits per heavy atom. The van der Waals surface area contributed by atoms with E-state index in [1.54, 1.807) is 0 Å². The van der Waals surface area contributed by atoms with Crippen molar-refractivity contribution in [3.05, 3.63) is 10.6 Å². The summed E-state index contributed by atoms with van der Waals surface area (Å²) >= 11 is 1.86. The Labute approximate surface area is 125 Å². The average Bonchev–Trinajstić information content (AvgIpc) is 2.93. The highest BCUT2D eigenvalue weighted by Gasteiger charge is 2.35. The number of thiazole rings is 1. The van der Waals surface area contributed by atoms with E-state index in [1.807, 2.05) is 11.3 Å². The third-order valence-corrected chi connectivity index (χ3v) is 6.69. The predicted molar refractivity (Wildman–Crippen MR) is 83.4 cm³/mol. The molecule has 2 fully saturated rings. The second kappa shape index (κ2) is 4.97. The number of hydrogen-bond donors (Lipinski definition) is 1. The monoisotopic (exact) mass is 292 g/mol. The molecule has 20 heavy (non-hydrogen) atoms. The minimum absolute atomic E-state index is 0.233. The fourth-order valence-corrected chi connectivity index (χ4v) is 5.24. The molecule has 2 saturated heterocycles. The zero-order valence-corrected chi connectivity index (χ0v) is 13.0. The molecule has 2 aliphatic heterocycles. The second-order valence-corrected chi connectivity index (χ2v) is 7.60. The molecule has 3 heterocycles. The predicted octanol–water partition coefficient (Wildman–Crippen LogP) is 2.15. The quantitative estimate of drug-likeness (QED) is 0.861. The van der Waals surface area contributed by atoms with Gasteiger partial charge < -0.3 is 10.6 Å². The molecule has 1 aliphatic carbocycles. The summed E-state index contributed by atoms with van der Waals surface area (Å²) in [5.74, 6) is 0. The molecule has 0 amide bonds. The molecule has 4 rings (SSSR count). The maximum absolute atomic E-state index is 6.25. The van der Waals surface area contributed by atoms with Crippen LogP contribution in [0.15, 0.2) is 0 Å². The van der Waals surface area contributed by atoms with Crippen molar-refractivity contribution in [2.24, 2.45) is 5.73 Å². The maximum atomic E-state index is 6.25. The van der Waals surface area contributed by atoms with Crippen LogP contribution < -0.4 is 10.6 Å². The van der Waals surface area contributed by atoms with E-state index >= 15 is 0 Å². The van der Waals surface area contributed by atoms with Crippen LogP contribution in [0.5, 0.6) is 0 Å². The standard InChI is InChI=1S/C15H24N4S/c1-18-10-5-6-11(18)9-19(8-7-10)15-17-13-4-2-3-12(16)14(13)20-15/h10-12H,2-9,16H2,1H3. The molecule has 0 saturated carbocycles. The van der Waals surface area contributed by atoms with Crippen LogP contribution in [0.3, 0.4) is 0 Å². The molecule has 0 aromatic carbocycles. The highest BCUT2D eigenvalue weighted by molar-refractivity contribution is 7.15.